The van der Waals surface area contributed by atoms with Crippen LogP contribution in [0.5, 0.6) is 0 Å². The summed E-state index contributed by atoms with van der Waals surface area (Å²) in [4.78, 5) is 8.40. The summed E-state index contributed by atoms with van der Waals surface area (Å²) in [5.41, 5.74) is 3.83. The molecule has 16 heavy (non-hydrogen) atoms. The molecule has 0 bridgehead atoms. The van der Waals surface area contributed by atoms with Gasteiger partial charge in [-0.25, -0.2) is 4.98 Å². The Kier molecular flexibility index (Phi) is 2.98. The molecule has 0 aliphatic heterocycles. The largest absolute Gasteiger partial charge is 0.260 e. The first-order valence-electron chi connectivity index (χ1n) is 5.11. The van der Waals surface area contributed by atoms with Gasteiger partial charge in [0.15, 0.2) is 0 Å². The minimum Gasteiger partial charge on any atom is -0.260 e. The van der Waals surface area contributed by atoms with E-state index in [0.29, 0.717) is 0 Å². The Hall–Kier alpha value is -2.14. The van der Waals surface area contributed by atoms with Crippen LogP contribution in [0.1, 0.15) is 22.5 Å². The second-order valence-corrected chi connectivity index (χ2v) is 3.66. The van der Waals surface area contributed by atoms with Gasteiger partial charge >= 0.3 is 0 Å². The molecule has 2 heteroatoms. The highest BCUT2D eigenvalue weighted by molar-refractivity contribution is 5.39. The van der Waals surface area contributed by atoms with Gasteiger partial charge in [0.2, 0.25) is 0 Å². The minimum atomic E-state index is 0.783. The monoisotopic (exact) mass is 208 g/mol. The molecular formula is C14H12N2. The van der Waals surface area contributed by atoms with E-state index in [1.165, 1.54) is 0 Å². The second kappa shape index (κ2) is 4.59. The summed E-state index contributed by atoms with van der Waals surface area (Å²) < 4.78 is 0. The standard InChI is InChI=1S/C14H12N2/c1-11-3-7-14(16-9-11)8-6-13-5-4-12(2)15-10-13/h3-5,7,9-10H,1-2H3. The number of rotatable bonds is 0. The highest BCUT2D eigenvalue weighted by Crippen LogP contribution is 1.99. The molecule has 0 atom stereocenters. The molecule has 78 valence electrons. The number of hydrogen-bond acceptors (Lipinski definition) is 2. The Labute approximate surface area is 95.4 Å². The fraction of sp³-hybridized carbons (Fsp3) is 0.143. The van der Waals surface area contributed by atoms with Crippen molar-refractivity contribution in [2.45, 2.75) is 13.8 Å². The Balaban J connectivity index is 2.21. The van der Waals surface area contributed by atoms with Crippen molar-refractivity contribution in [2.75, 3.05) is 0 Å². The SMILES string of the molecule is Cc1ccc(C#Cc2ccc(C)nc2)nc1. The smallest absolute Gasteiger partial charge is 0.113 e. The predicted molar refractivity (Wildman–Crippen MR) is 63.9 cm³/mol. The van der Waals surface area contributed by atoms with Crippen molar-refractivity contribution >= 4 is 0 Å². The molecular weight excluding hydrogens is 196 g/mol. The molecule has 0 aromatic carbocycles. The van der Waals surface area contributed by atoms with Crippen molar-refractivity contribution in [3.8, 4) is 11.8 Å². The Morgan fingerprint density at radius 3 is 2.38 bits per heavy atom. The van der Waals surface area contributed by atoms with Crippen molar-refractivity contribution in [1.29, 1.82) is 0 Å². The minimum absolute atomic E-state index is 0.783. The summed E-state index contributed by atoms with van der Waals surface area (Å²) in [6.45, 7) is 3.97. The fourth-order valence-corrected chi connectivity index (χ4v) is 1.22. The first-order valence-corrected chi connectivity index (χ1v) is 5.11. The number of aryl methyl sites for hydroxylation is 2. The molecule has 2 aromatic rings. The van der Waals surface area contributed by atoms with Crippen LogP contribution in [0.3, 0.4) is 0 Å². The maximum atomic E-state index is 4.22. The van der Waals surface area contributed by atoms with E-state index in [0.717, 1.165) is 22.5 Å². The van der Waals surface area contributed by atoms with Gasteiger partial charge in [-0.2, -0.15) is 0 Å². The first-order chi connectivity index (χ1) is 7.74. The van der Waals surface area contributed by atoms with Crippen LogP contribution in [-0.2, 0) is 0 Å². The van der Waals surface area contributed by atoms with E-state index in [2.05, 4.69) is 21.8 Å². The van der Waals surface area contributed by atoms with Crippen molar-refractivity contribution in [2.24, 2.45) is 0 Å². The van der Waals surface area contributed by atoms with Crippen LogP contribution < -0.4 is 0 Å². The van der Waals surface area contributed by atoms with E-state index >= 15 is 0 Å². The van der Waals surface area contributed by atoms with Gasteiger partial charge in [0.25, 0.3) is 0 Å². The lowest BCUT2D eigenvalue weighted by atomic mass is 10.2. The molecule has 0 spiro atoms. The van der Waals surface area contributed by atoms with Crippen LogP contribution in [-0.4, -0.2) is 9.97 Å². The van der Waals surface area contributed by atoms with Gasteiger partial charge in [0.1, 0.15) is 5.69 Å². The van der Waals surface area contributed by atoms with E-state index in [9.17, 15) is 0 Å². The highest BCUT2D eigenvalue weighted by Gasteiger charge is 1.89. The quantitative estimate of drug-likeness (QED) is 0.622. The van der Waals surface area contributed by atoms with Gasteiger partial charge in [0, 0.05) is 23.7 Å². The van der Waals surface area contributed by atoms with Gasteiger partial charge in [0.05, 0.1) is 0 Å². The number of nitrogens with zero attached hydrogens (tertiary/aromatic N) is 2. The Bertz CT molecular complexity index is 478. The molecule has 0 aliphatic carbocycles. The second-order valence-electron chi connectivity index (χ2n) is 3.66. The van der Waals surface area contributed by atoms with E-state index in [-0.39, 0.29) is 0 Å². The van der Waals surface area contributed by atoms with Crippen LogP contribution >= 0.6 is 0 Å². The number of aromatic nitrogens is 2. The van der Waals surface area contributed by atoms with Crippen molar-refractivity contribution in [1.82, 2.24) is 9.97 Å². The first kappa shape index (κ1) is 10.4. The van der Waals surface area contributed by atoms with Gasteiger partial charge < -0.3 is 0 Å². The molecule has 2 nitrogen and oxygen atoms in total. The summed E-state index contributed by atoms with van der Waals surface area (Å²) >= 11 is 0. The summed E-state index contributed by atoms with van der Waals surface area (Å²) in [6, 6.07) is 7.84. The number of hydrogen-bond donors (Lipinski definition) is 0. The third kappa shape index (κ3) is 2.68. The van der Waals surface area contributed by atoms with Gasteiger partial charge in [-0.15, -0.1) is 0 Å². The predicted octanol–water partition coefficient (Wildman–Crippen LogP) is 2.49. The normalized spacial score (nSPS) is 9.38. The van der Waals surface area contributed by atoms with E-state index in [1.807, 2.05) is 44.3 Å². The third-order valence-electron chi connectivity index (χ3n) is 2.16. The fourth-order valence-electron chi connectivity index (χ4n) is 1.22. The van der Waals surface area contributed by atoms with Gasteiger partial charge in [-0.3, -0.25) is 4.98 Å². The lowest BCUT2D eigenvalue weighted by Gasteiger charge is -1.92. The number of pyridine rings is 2. The molecule has 2 rings (SSSR count). The van der Waals surface area contributed by atoms with E-state index in [4.69, 9.17) is 0 Å². The van der Waals surface area contributed by atoms with Crippen LogP contribution in [0.25, 0.3) is 0 Å². The molecule has 2 heterocycles. The molecule has 0 unspecified atom stereocenters. The molecule has 0 N–H and O–H groups in total. The zero-order chi connectivity index (χ0) is 11.4. The van der Waals surface area contributed by atoms with E-state index < -0.39 is 0 Å². The van der Waals surface area contributed by atoms with Crippen LogP contribution in [0.15, 0.2) is 36.7 Å². The molecule has 0 aliphatic rings. The lowest BCUT2D eigenvalue weighted by molar-refractivity contribution is 1.19. The zero-order valence-electron chi connectivity index (χ0n) is 9.36. The Morgan fingerprint density at radius 1 is 0.875 bits per heavy atom. The average molecular weight is 208 g/mol. The summed E-state index contributed by atoms with van der Waals surface area (Å²) in [5.74, 6) is 6.04. The van der Waals surface area contributed by atoms with Crippen molar-refractivity contribution in [3.63, 3.8) is 0 Å². The molecule has 0 radical (unpaired) electrons. The lowest BCUT2D eigenvalue weighted by Crippen LogP contribution is -1.84. The maximum Gasteiger partial charge on any atom is 0.113 e. The summed E-state index contributed by atoms with van der Waals surface area (Å²) in [5, 5.41) is 0. The van der Waals surface area contributed by atoms with Crippen LogP contribution in [0.2, 0.25) is 0 Å². The molecule has 2 aromatic heterocycles. The van der Waals surface area contributed by atoms with E-state index in [1.54, 1.807) is 6.20 Å². The van der Waals surface area contributed by atoms with Crippen LogP contribution in [0, 0.1) is 25.7 Å². The van der Waals surface area contributed by atoms with Gasteiger partial charge in [-0.05, 0) is 43.5 Å². The van der Waals surface area contributed by atoms with Crippen molar-refractivity contribution < 1.29 is 0 Å². The maximum absolute atomic E-state index is 4.22. The Morgan fingerprint density at radius 2 is 1.75 bits per heavy atom. The molecule has 0 fully saturated rings. The van der Waals surface area contributed by atoms with Gasteiger partial charge in [-0.1, -0.05) is 12.0 Å². The molecule has 0 saturated carbocycles. The molecule has 0 saturated heterocycles. The van der Waals surface area contributed by atoms with Crippen molar-refractivity contribution in [3.05, 3.63) is 59.2 Å². The summed E-state index contributed by atoms with van der Waals surface area (Å²) in [6.07, 6.45) is 3.59. The highest BCUT2D eigenvalue weighted by atomic mass is 14.7. The molecule has 0 amide bonds. The topological polar surface area (TPSA) is 25.8 Å². The zero-order valence-corrected chi connectivity index (χ0v) is 9.36. The third-order valence-corrected chi connectivity index (χ3v) is 2.16. The average Bonchev–Trinajstić information content (AvgIpc) is 2.30. The van der Waals surface area contributed by atoms with Crippen LogP contribution in [0.4, 0.5) is 0 Å². The summed E-state index contributed by atoms with van der Waals surface area (Å²) in [7, 11) is 0.